The Hall–Kier alpha value is -2.94. The first kappa shape index (κ1) is 18.4. The second-order valence-electron chi connectivity index (χ2n) is 6.72. The molecule has 0 atom stereocenters. The maximum atomic E-state index is 12.9. The summed E-state index contributed by atoms with van der Waals surface area (Å²) in [4.78, 5) is 20.6. The van der Waals surface area contributed by atoms with Gasteiger partial charge in [-0.3, -0.25) is 9.69 Å². The van der Waals surface area contributed by atoms with E-state index in [9.17, 15) is 18.0 Å². The highest BCUT2D eigenvalue weighted by atomic mass is 19.4. The summed E-state index contributed by atoms with van der Waals surface area (Å²) in [5.41, 5.74) is 0.916. The van der Waals surface area contributed by atoms with Crippen molar-refractivity contribution in [3.63, 3.8) is 0 Å². The average molecular weight is 389 g/mol. The van der Waals surface area contributed by atoms with Gasteiger partial charge < -0.3 is 4.90 Å². The van der Waals surface area contributed by atoms with Crippen molar-refractivity contribution in [2.24, 2.45) is 0 Å². The van der Waals surface area contributed by atoms with Gasteiger partial charge in [0.25, 0.3) is 5.91 Å². The number of alkyl halides is 3. The number of halogens is 3. The van der Waals surface area contributed by atoms with Gasteiger partial charge in [-0.2, -0.15) is 18.3 Å². The molecule has 28 heavy (non-hydrogen) atoms. The first-order valence-corrected chi connectivity index (χ1v) is 8.88. The minimum absolute atomic E-state index is 0.163. The first-order chi connectivity index (χ1) is 13.4. The predicted molar refractivity (Wildman–Crippen MR) is 95.6 cm³/mol. The minimum atomic E-state index is -4.34. The highest BCUT2D eigenvalue weighted by molar-refractivity contribution is 5.93. The molecule has 1 aliphatic rings. The standard InChI is InChI=1S/C19H18F3N5O/c20-19(21,22)15-4-1-3-14(11-15)13-25-7-9-26(10-8-25)18(28)16-12-17-23-5-2-6-27(17)24-16/h1-6,11-12H,7-10,13H2. The van der Waals surface area contributed by atoms with Gasteiger partial charge in [0, 0.05) is 51.2 Å². The van der Waals surface area contributed by atoms with Gasteiger partial charge in [-0.1, -0.05) is 18.2 Å². The van der Waals surface area contributed by atoms with Crippen LogP contribution in [0.25, 0.3) is 5.65 Å². The van der Waals surface area contributed by atoms with Crippen LogP contribution in [0.3, 0.4) is 0 Å². The quantitative estimate of drug-likeness (QED) is 0.691. The normalized spacial score (nSPS) is 15.9. The Morgan fingerprint density at radius 1 is 1.07 bits per heavy atom. The van der Waals surface area contributed by atoms with Crippen LogP contribution in [-0.4, -0.2) is 56.5 Å². The SMILES string of the molecule is O=C(c1cc2ncccn2n1)N1CCN(Cc2cccc(C(F)(F)F)c2)CC1. The molecule has 0 spiro atoms. The Morgan fingerprint density at radius 2 is 1.86 bits per heavy atom. The summed E-state index contributed by atoms with van der Waals surface area (Å²) in [5, 5.41) is 4.25. The fourth-order valence-electron chi connectivity index (χ4n) is 3.31. The maximum Gasteiger partial charge on any atom is 0.416 e. The van der Waals surface area contributed by atoms with Crippen molar-refractivity contribution >= 4 is 11.6 Å². The van der Waals surface area contributed by atoms with E-state index in [1.807, 2.05) is 4.90 Å². The molecule has 9 heteroatoms. The number of hydrogen-bond acceptors (Lipinski definition) is 4. The molecule has 0 unspecified atom stereocenters. The van der Waals surface area contributed by atoms with E-state index in [1.54, 1.807) is 40.0 Å². The van der Waals surface area contributed by atoms with Crippen molar-refractivity contribution in [1.29, 1.82) is 0 Å². The molecule has 0 radical (unpaired) electrons. The zero-order valence-electron chi connectivity index (χ0n) is 14.9. The molecule has 1 aliphatic heterocycles. The Morgan fingerprint density at radius 3 is 2.57 bits per heavy atom. The first-order valence-electron chi connectivity index (χ1n) is 8.88. The molecule has 1 aromatic carbocycles. The highest BCUT2D eigenvalue weighted by Gasteiger charge is 2.30. The monoisotopic (exact) mass is 389 g/mol. The molecular formula is C19H18F3N5O. The van der Waals surface area contributed by atoms with Gasteiger partial charge in [0.15, 0.2) is 11.3 Å². The van der Waals surface area contributed by atoms with Crippen LogP contribution in [0.2, 0.25) is 0 Å². The molecule has 1 fully saturated rings. The number of amides is 1. The zero-order chi connectivity index (χ0) is 19.7. The fraction of sp³-hybridized carbons (Fsp3) is 0.316. The number of carbonyl (C=O) groups excluding carboxylic acids is 1. The molecule has 2 aromatic heterocycles. The van der Waals surface area contributed by atoms with Crippen molar-refractivity contribution in [2.75, 3.05) is 26.2 Å². The molecule has 0 saturated carbocycles. The molecule has 4 rings (SSSR count). The molecule has 6 nitrogen and oxygen atoms in total. The van der Waals surface area contributed by atoms with Gasteiger partial charge in [-0.15, -0.1) is 0 Å². The molecule has 0 bridgehead atoms. The summed E-state index contributed by atoms with van der Waals surface area (Å²) in [6, 6.07) is 8.76. The Balaban J connectivity index is 1.37. The summed E-state index contributed by atoms with van der Waals surface area (Å²) >= 11 is 0. The molecule has 1 amide bonds. The van der Waals surface area contributed by atoms with Crippen LogP contribution in [0.15, 0.2) is 48.8 Å². The molecule has 3 aromatic rings. The lowest BCUT2D eigenvalue weighted by molar-refractivity contribution is -0.137. The van der Waals surface area contributed by atoms with Crippen LogP contribution < -0.4 is 0 Å². The average Bonchev–Trinajstić information content (AvgIpc) is 3.12. The van der Waals surface area contributed by atoms with E-state index in [0.717, 1.165) is 6.07 Å². The summed E-state index contributed by atoms with van der Waals surface area (Å²) in [6.07, 6.45) is -0.978. The largest absolute Gasteiger partial charge is 0.416 e. The highest BCUT2D eigenvalue weighted by Crippen LogP contribution is 2.29. The number of benzene rings is 1. The van der Waals surface area contributed by atoms with E-state index >= 15 is 0 Å². The van der Waals surface area contributed by atoms with E-state index in [4.69, 9.17) is 0 Å². The van der Waals surface area contributed by atoms with Crippen molar-refractivity contribution < 1.29 is 18.0 Å². The number of nitrogens with zero attached hydrogens (tertiary/aromatic N) is 5. The van der Waals surface area contributed by atoms with Crippen molar-refractivity contribution in [3.05, 3.63) is 65.6 Å². The summed E-state index contributed by atoms with van der Waals surface area (Å²) < 4.78 is 40.1. The molecule has 3 heterocycles. The summed E-state index contributed by atoms with van der Waals surface area (Å²) in [5.74, 6) is -0.163. The molecule has 0 N–H and O–H groups in total. The Bertz CT molecular complexity index is 959. The minimum Gasteiger partial charge on any atom is -0.335 e. The molecular weight excluding hydrogens is 371 g/mol. The van der Waals surface area contributed by atoms with Gasteiger partial charge >= 0.3 is 6.18 Å². The maximum absolute atomic E-state index is 12.9. The lowest BCUT2D eigenvalue weighted by Crippen LogP contribution is -2.48. The lowest BCUT2D eigenvalue weighted by Gasteiger charge is -2.34. The number of rotatable bonds is 3. The fourth-order valence-corrected chi connectivity index (χ4v) is 3.31. The van der Waals surface area contributed by atoms with Gasteiger partial charge in [-0.25, -0.2) is 9.50 Å². The van der Waals surface area contributed by atoms with Gasteiger partial charge in [0.1, 0.15) is 0 Å². The number of aromatic nitrogens is 3. The van der Waals surface area contributed by atoms with Crippen molar-refractivity contribution in [1.82, 2.24) is 24.4 Å². The second kappa shape index (κ2) is 7.23. The number of piperazine rings is 1. The van der Waals surface area contributed by atoms with E-state index in [1.165, 1.54) is 12.1 Å². The van der Waals surface area contributed by atoms with Gasteiger partial charge in [0.05, 0.1) is 5.56 Å². The van der Waals surface area contributed by atoms with E-state index in [-0.39, 0.29) is 5.91 Å². The van der Waals surface area contributed by atoms with Crippen LogP contribution in [0.5, 0.6) is 0 Å². The van der Waals surface area contributed by atoms with E-state index in [0.29, 0.717) is 49.6 Å². The van der Waals surface area contributed by atoms with Crippen LogP contribution in [0, 0.1) is 0 Å². The molecule has 1 saturated heterocycles. The second-order valence-corrected chi connectivity index (χ2v) is 6.72. The van der Waals surface area contributed by atoms with Crippen molar-refractivity contribution in [2.45, 2.75) is 12.7 Å². The van der Waals surface area contributed by atoms with Gasteiger partial charge in [0.2, 0.25) is 0 Å². The third-order valence-corrected chi connectivity index (χ3v) is 4.78. The van der Waals surface area contributed by atoms with Crippen LogP contribution >= 0.6 is 0 Å². The summed E-state index contributed by atoms with van der Waals surface area (Å²) in [6.45, 7) is 2.60. The topological polar surface area (TPSA) is 53.7 Å². The van der Waals surface area contributed by atoms with Crippen LogP contribution in [0.4, 0.5) is 13.2 Å². The number of carbonyl (C=O) groups is 1. The van der Waals surface area contributed by atoms with Gasteiger partial charge in [-0.05, 0) is 17.7 Å². The zero-order valence-corrected chi connectivity index (χ0v) is 14.9. The predicted octanol–water partition coefficient (Wildman–Crippen LogP) is 2.71. The third kappa shape index (κ3) is 3.84. The Labute approximate surface area is 159 Å². The van der Waals surface area contributed by atoms with Crippen molar-refractivity contribution in [3.8, 4) is 0 Å². The van der Waals surface area contributed by atoms with Crippen LogP contribution in [0.1, 0.15) is 21.6 Å². The number of hydrogen-bond donors (Lipinski definition) is 0. The lowest BCUT2D eigenvalue weighted by atomic mass is 10.1. The molecule has 0 aliphatic carbocycles. The Kier molecular flexibility index (Phi) is 4.76. The summed E-state index contributed by atoms with van der Waals surface area (Å²) in [7, 11) is 0. The smallest absolute Gasteiger partial charge is 0.335 e. The van der Waals surface area contributed by atoms with E-state index < -0.39 is 11.7 Å². The van der Waals surface area contributed by atoms with Crippen LogP contribution in [-0.2, 0) is 12.7 Å². The molecule has 146 valence electrons. The number of fused-ring (bicyclic) bond motifs is 1. The van der Waals surface area contributed by atoms with E-state index in [2.05, 4.69) is 10.1 Å². The third-order valence-electron chi connectivity index (χ3n) is 4.78.